The Morgan fingerprint density at radius 1 is 1.17 bits per heavy atom. The summed E-state index contributed by atoms with van der Waals surface area (Å²) in [4.78, 5) is 4.59. The minimum Gasteiger partial charge on any atom is -0.334 e. The molecular weight excluding hydrogens is 284 g/mol. The molecule has 1 N–H and O–H groups in total. The summed E-state index contributed by atoms with van der Waals surface area (Å²) in [5.41, 5.74) is 4.96. The Bertz CT molecular complexity index is 735. The fourth-order valence-corrected chi connectivity index (χ4v) is 3.15. The van der Waals surface area contributed by atoms with Crippen molar-refractivity contribution >= 4 is 0 Å². The van der Waals surface area contributed by atoms with Gasteiger partial charge in [0.05, 0.1) is 5.69 Å². The van der Waals surface area contributed by atoms with Crippen molar-refractivity contribution in [3.8, 4) is 0 Å². The van der Waals surface area contributed by atoms with E-state index in [0.717, 1.165) is 30.9 Å². The van der Waals surface area contributed by atoms with E-state index in [1.807, 2.05) is 6.20 Å². The average molecular weight is 308 g/mol. The minimum absolute atomic E-state index is 0.309. The van der Waals surface area contributed by atoms with Crippen LogP contribution in [0.3, 0.4) is 0 Å². The molecule has 0 aliphatic rings. The molecule has 0 aliphatic heterocycles. The first-order valence-electron chi connectivity index (χ1n) is 8.23. The lowest BCUT2D eigenvalue weighted by atomic mass is 10.0. The van der Waals surface area contributed by atoms with Gasteiger partial charge >= 0.3 is 0 Å². The van der Waals surface area contributed by atoms with Gasteiger partial charge in [-0.05, 0) is 37.8 Å². The monoisotopic (exact) mass is 308 g/mol. The third-order valence-corrected chi connectivity index (χ3v) is 4.54. The molecule has 4 nitrogen and oxygen atoms in total. The summed E-state index contributed by atoms with van der Waals surface area (Å²) in [5.74, 6) is 1.44. The van der Waals surface area contributed by atoms with Crippen molar-refractivity contribution in [3.63, 3.8) is 0 Å². The first-order valence-corrected chi connectivity index (χ1v) is 8.23. The summed E-state index contributed by atoms with van der Waals surface area (Å²) in [7, 11) is 0. The Morgan fingerprint density at radius 3 is 2.65 bits per heavy atom. The second-order valence-corrected chi connectivity index (χ2v) is 6.13. The molecule has 0 saturated heterocycles. The van der Waals surface area contributed by atoms with E-state index in [4.69, 9.17) is 0 Å². The van der Waals surface area contributed by atoms with Crippen molar-refractivity contribution in [3.05, 3.63) is 71.1 Å². The molecule has 1 aromatic carbocycles. The van der Waals surface area contributed by atoms with Gasteiger partial charge in [-0.2, -0.15) is 5.10 Å². The number of nitrogens with zero attached hydrogens (tertiary/aromatic N) is 3. The molecule has 0 saturated carbocycles. The number of aromatic amines is 1. The van der Waals surface area contributed by atoms with Crippen molar-refractivity contribution in [1.82, 2.24) is 19.7 Å². The highest BCUT2D eigenvalue weighted by Gasteiger charge is 2.14. The summed E-state index contributed by atoms with van der Waals surface area (Å²) < 4.78 is 2.28. The molecule has 0 amide bonds. The van der Waals surface area contributed by atoms with Gasteiger partial charge in [-0.25, -0.2) is 4.98 Å². The number of aryl methyl sites for hydroxylation is 3. The Morgan fingerprint density at radius 2 is 1.96 bits per heavy atom. The molecule has 3 rings (SSSR count). The van der Waals surface area contributed by atoms with Gasteiger partial charge in [0.2, 0.25) is 0 Å². The fourth-order valence-electron chi connectivity index (χ4n) is 3.15. The molecule has 0 fully saturated rings. The third-order valence-electron chi connectivity index (χ3n) is 4.54. The van der Waals surface area contributed by atoms with Gasteiger partial charge in [0.15, 0.2) is 0 Å². The number of imidazole rings is 1. The molecule has 0 aliphatic carbocycles. The van der Waals surface area contributed by atoms with Crippen LogP contribution in [0, 0.1) is 13.8 Å². The highest BCUT2D eigenvalue weighted by Crippen LogP contribution is 2.23. The number of hydrogen-bond donors (Lipinski definition) is 1. The zero-order valence-corrected chi connectivity index (χ0v) is 14.1. The van der Waals surface area contributed by atoms with Crippen molar-refractivity contribution in [1.29, 1.82) is 0 Å². The summed E-state index contributed by atoms with van der Waals surface area (Å²) in [5, 5.41) is 7.34. The Hall–Kier alpha value is -2.36. The molecule has 3 aromatic rings. The molecule has 0 spiro atoms. The van der Waals surface area contributed by atoms with Crippen LogP contribution in [0.2, 0.25) is 0 Å². The predicted octanol–water partition coefficient (Wildman–Crippen LogP) is 4.01. The molecule has 0 unspecified atom stereocenters. The van der Waals surface area contributed by atoms with Gasteiger partial charge in [-0.1, -0.05) is 37.3 Å². The highest BCUT2D eigenvalue weighted by molar-refractivity contribution is 5.25. The maximum absolute atomic E-state index is 4.59. The van der Waals surface area contributed by atoms with Crippen LogP contribution in [0.15, 0.2) is 42.7 Å². The highest BCUT2D eigenvalue weighted by atomic mass is 15.1. The molecule has 0 radical (unpaired) electrons. The first-order chi connectivity index (χ1) is 11.2. The van der Waals surface area contributed by atoms with E-state index in [-0.39, 0.29) is 0 Å². The Balaban J connectivity index is 1.67. The fraction of sp³-hybridized carbons (Fsp3) is 0.368. The maximum Gasteiger partial charge on any atom is 0.115 e. The number of benzene rings is 1. The number of hydrogen-bond acceptors (Lipinski definition) is 2. The second kappa shape index (κ2) is 6.82. The van der Waals surface area contributed by atoms with Gasteiger partial charge in [0, 0.05) is 30.6 Å². The van der Waals surface area contributed by atoms with Crippen LogP contribution in [0.5, 0.6) is 0 Å². The van der Waals surface area contributed by atoms with Gasteiger partial charge < -0.3 is 4.57 Å². The molecular formula is C19H24N4. The standard InChI is InChI=1S/C19H24N4/c1-14(17-8-5-4-6-9-17)19-20-11-13-23(19)12-7-10-18-15(2)21-22-16(18)3/h4-6,8-9,11,13-14H,7,10,12H2,1-3H3,(H,21,22)/t14-/m1/s1. The SMILES string of the molecule is Cc1n[nH]c(C)c1CCCn1ccnc1[C@H](C)c1ccccc1. The van der Waals surface area contributed by atoms with E-state index >= 15 is 0 Å². The maximum atomic E-state index is 4.59. The van der Waals surface area contributed by atoms with Crippen LogP contribution < -0.4 is 0 Å². The molecule has 2 aromatic heterocycles. The summed E-state index contributed by atoms with van der Waals surface area (Å²) >= 11 is 0. The van der Waals surface area contributed by atoms with E-state index < -0.39 is 0 Å². The quantitative estimate of drug-likeness (QED) is 0.748. The topological polar surface area (TPSA) is 46.5 Å². The summed E-state index contributed by atoms with van der Waals surface area (Å²) in [6, 6.07) is 10.6. The first kappa shape index (κ1) is 15.5. The lowest BCUT2D eigenvalue weighted by Crippen LogP contribution is -2.08. The smallest absolute Gasteiger partial charge is 0.115 e. The Kier molecular flexibility index (Phi) is 4.60. The summed E-state index contributed by atoms with van der Waals surface area (Å²) in [6.45, 7) is 7.36. The number of rotatable bonds is 6. The molecule has 1 atom stereocenters. The lowest BCUT2D eigenvalue weighted by molar-refractivity contribution is 0.596. The van der Waals surface area contributed by atoms with Crippen LogP contribution in [0.1, 0.15) is 47.6 Å². The molecule has 2 heterocycles. The third kappa shape index (κ3) is 3.36. The predicted molar refractivity (Wildman–Crippen MR) is 92.6 cm³/mol. The average Bonchev–Trinajstić information content (AvgIpc) is 3.16. The van der Waals surface area contributed by atoms with Gasteiger partial charge in [-0.3, -0.25) is 5.10 Å². The molecule has 4 heteroatoms. The number of H-pyrrole nitrogens is 1. The normalized spacial score (nSPS) is 12.5. The van der Waals surface area contributed by atoms with E-state index in [2.05, 4.69) is 77.0 Å². The van der Waals surface area contributed by atoms with E-state index in [1.165, 1.54) is 16.8 Å². The molecule has 0 bridgehead atoms. The van der Waals surface area contributed by atoms with Crippen molar-refractivity contribution < 1.29 is 0 Å². The van der Waals surface area contributed by atoms with Crippen molar-refractivity contribution in [2.24, 2.45) is 0 Å². The second-order valence-electron chi connectivity index (χ2n) is 6.13. The molecule has 120 valence electrons. The van der Waals surface area contributed by atoms with Crippen LogP contribution in [0.25, 0.3) is 0 Å². The Labute approximate surface area is 137 Å². The zero-order chi connectivity index (χ0) is 16.2. The summed E-state index contributed by atoms with van der Waals surface area (Å²) in [6.07, 6.45) is 6.13. The zero-order valence-electron chi connectivity index (χ0n) is 14.1. The largest absolute Gasteiger partial charge is 0.334 e. The van der Waals surface area contributed by atoms with E-state index in [1.54, 1.807) is 0 Å². The van der Waals surface area contributed by atoms with Crippen LogP contribution in [-0.2, 0) is 13.0 Å². The van der Waals surface area contributed by atoms with Gasteiger partial charge in [-0.15, -0.1) is 0 Å². The van der Waals surface area contributed by atoms with Crippen molar-refractivity contribution in [2.45, 2.75) is 46.1 Å². The number of nitrogens with one attached hydrogen (secondary N) is 1. The van der Waals surface area contributed by atoms with Crippen LogP contribution in [-0.4, -0.2) is 19.7 Å². The van der Waals surface area contributed by atoms with E-state index in [9.17, 15) is 0 Å². The number of aromatic nitrogens is 4. The van der Waals surface area contributed by atoms with Crippen molar-refractivity contribution in [2.75, 3.05) is 0 Å². The van der Waals surface area contributed by atoms with Gasteiger partial charge in [0.25, 0.3) is 0 Å². The molecule has 23 heavy (non-hydrogen) atoms. The lowest BCUT2D eigenvalue weighted by Gasteiger charge is -2.14. The van der Waals surface area contributed by atoms with Crippen LogP contribution >= 0.6 is 0 Å². The minimum atomic E-state index is 0.309. The van der Waals surface area contributed by atoms with Crippen LogP contribution in [0.4, 0.5) is 0 Å². The van der Waals surface area contributed by atoms with E-state index in [0.29, 0.717) is 5.92 Å². The van der Waals surface area contributed by atoms with Gasteiger partial charge in [0.1, 0.15) is 5.82 Å².